The molecule has 4 atom stereocenters. The molecule has 15 nitrogen and oxygen atoms in total. The van der Waals surface area contributed by atoms with Crippen LogP contribution in [0.3, 0.4) is 0 Å². The summed E-state index contributed by atoms with van der Waals surface area (Å²) in [5.41, 5.74) is 15.6. The van der Waals surface area contributed by atoms with Crippen molar-refractivity contribution in [3.63, 3.8) is 0 Å². The van der Waals surface area contributed by atoms with Gasteiger partial charge in [-0.05, 0) is 26.2 Å². The Morgan fingerprint density at radius 3 is 2.00 bits per heavy atom. The molecule has 0 radical (unpaired) electrons. The topological polar surface area (TPSA) is 273 Å². The van der Waals surface area contributed by atoms with Gasteiger partial charge in [0.25, 0.3) is 0 Å². The van der Waals surface area contributed by atoms with Gasteiger partial charge < -0.3 is 48.5 Å². The van der Waals surface area contributed by atoms with Gasteiger partial charge in [0.2, 0.25) is 17.7 Å². The van der Waals surface area contributed by atoms with Gasteiger partial charge in [0.05, 0.1) is 12.6 Å². The molecule has 182 valence electrons. The van der Waals surface area contributed by atoms with Crippen LogP contribution in [-0.4, -0.2) is 88.3 Å². The molecule has 0 bridgehead atoms. The lowest BCUT2D eigenvalue weighted by Crippen LogP contribution is -2.58. The van der Waals surface area contributed by atoms with E-state index in [1.165, 1.54) is 6.92 Å². The smallest absolute Gasteiger partial charge is 0.326 e. The lowest BCUT2D eigenvalue weighted by Gasteiger charge is -2.25. The molecule has 0 aliphatic carbocycles. The normalized spacial score (nSPS) is 14.2. The van der Waals surface area contributed by atoms with Gasteiger partial charge in [-0.1, -0.05) is 0 Å². The van der Waals surface area contributed by atoms with Crippen LogP contribution in [0.1, 0.15) is 32.6 Å². The van der Waals surface area contributed by atoms with Gasteiger partial charge in [-0.2, -0.15) is 0 Å². The number of aliphatic imine (C=N–C) groups is 1. The number of guanidine groups is 1. The Morgan fingerprint density at radius 2 is 1.53 bits per heavy atom. The van der Waals surface area contributed by atoms with Gasteiger partial charge in [-0.3, -0.25) is 24.2 Å². The number of carboxylic acids is 2. The highest BCUT2D eigenvalue weighted by Crippen LogP contribution is 2.05. The number of carbonyl (C=O) groups excluding carboxylic acids is 3. The number of nitrogens with zero attached hydrogens (tertiary/aromatic N) is 1. The Morgan fingerprint density at radius 1 is 0.938 bits per heavy atom. The number of hydrogen-bond acceptors (Lipinski definition) is 8. The number of rotatable bonds is 15. The van der Waals surface area contributed by atoms with E-state index < -0.39 is 66.9 Å². The van der Waals surface area contributed by atoms with E-state index >= 15 is 0 Å². The van der Waals surface area contributed by atoms with Gasteiger partial charge in [-0.25, -0.2) is 4.79 Å². The molecule has 0 heterocycles. The summed E-state index contributed by atoms with van der Waals surface area (Å²) in [6, 6.07) is -4.24. The number of nitrogens with one attached hydrogen (secondary N) is 3. The number of aliphatic carboxylic acids is 2. The van der Waals surface area contributed by atoms with Crippen molar-refractivity contribution in [2.45, 2.75) is 56.8 Å². The Balaban J connectivity index is 5.45. The summed E-state index contributed by atoms with van der Waals surface area (Å²) < 4.78 is 0. The quantitative estimate of drug-likeness (QED) is 0.0640. The van der Waals surface area contributed by atoms with E-state index in [-0.39, 0.29) is 31.8 Å². The average Bonchev–Trinajstić information content (AvgIpc) is 2.69. The summed E-state index contributed by atoms with van der Waals surface area (Å²) in [5.74, 6) is -5.44. The Kier molecular flexibility index (Phi) is 13.0. The number of aliphatic hydroxyl groups excluding tert-OH is 1. The monoisotopic (exact) mass is 461 g/mol. The maximum Gasteiger partial charge on any atom is 0.326 e. The molecule has 0 rings (SSSR count). The summed E-state index contributed by atoms with van der Waals surface area (Å²) >= 11 is 0. The molecule has 0 aliphatic rings. The Hall–Kier alpha value is -3.46. The maximum absolute atomic E-state index is 12.6. The van der Waals surface area contributed by atoms with Gasteiger partial charge in [-0.15, -0.1) is 0 Å². The highest BCUT2D eigenvalue weighted by molar-refractivity contribution is 5.94. The van der Waals surface area contributed by atoms with Gasteiger partial charge in [0.1, 0.15) is 18.1 Å². The van der Waals surface area contributed by atoms with Crippen LogP contribution in [0.25, 0.3) is 0 Å². The summed E-state index contributed by atoms with van der Waals surface area (Å²) in [5, 5.41) is 34.5. The van der Waals surface area contributed by atoms with Crippen molar-refractivity contribution >= 4 is 35.6 Å². The second-order valence-electron chi connectivity index (χ2n) is 6.83. The molecular weight excluding hydrogens is 430 g/mol. The number of aliphatic hydroxyl groups is 1. The molecule has 15 heteroatoms. The molecule has 0 aromatic rings. The standard InChI is InChI=1S/C17H31N7O8/c1-8(25)13(24-11(26)7-18)15(30)22-9(3-2-6-21-17(19)20)14(29)23-10(16(31)32)4-5-12(27)28/h8-10,13,25H,2-7,18H2,1H3,(H,22,30)(H,23,29)(H,24,26)(H,27,28)(H,31,32)(H4,19,20,21). The minimum atomic E-state index is -1.51. The number of carboxylic acid groups (broad SMARTS) is 2. The minimum absolute atomic E-state index is 0.0308. The second-order valence-corrected chi connectivity index (χ2v) is 6.83. The molecule has 4 unspecified atom stereocenters. The molecule has 0 fully saturated rings. The second kappa shape index (κ2) is 14.5. The molecule has 0 spiro atoms. The zero-order chi connectivity index (χ0) is 24.8. The van der Waals surface area contributed by atoms with Crippen molar-refractivity contribution in [1.82, 2.24) is 16.0 Å². The third-order valence-electron chi connectivity index (χ3n) is 4.11. The van der Waals surface area contributed by atoms with E-state index in [9.17, 15) is 34.2 Å². The summed E-state index contributed by atoms with van der Waals surface area (Å²) in [7, 11) is 0. The lowest BCUT2D eigenvalue weighted by atomic mass is 10.1. The zero-order valence-corrected chi connectivity index (χ0v) is 17.6. The van der Waals surface area contributed by atoms with Crippen LogP contribution in [0.5, 0.6) is 0 Å². The average molecular weight is 461 g/mol. The third kappa shape index (κ3) is 11.7. The molecule has 3 amide bonds. The first-order chi connectivity index (χ1) is 14.9. The summed E-state index contributed by atoms with van der Waals surface area (Å²) in [4.78, 5) is 62.5. The van der Waals surface area contributed by atoms with Crippen molar-refractivity contribution in [2.75, 3.05) is 13.1 Å². The fourth-order valence-electron chi connectivity index (χ4n) is 2.47. The Bertz CT molecular complexity index is 709. The molecule has 0 saturated heterocycles. The van der Waals surface area contributed by atoms with Crippen molar-refractivity contribution in [2.24, 2.45) is 22.2 Å². The van der Waals surface area contributed by atoms with Crippen molar-refractivity contribution < 1.29 is 39.3 Å². The van der Waals surface area contributed by atoms with Crippen LogP contribution < -0.4 is 33.2 Å². The van der Waals surface area contributed by atoms with Crippen LogP contribution in [-0.2, 0) is 24.0 Å². The van der Waals surface area contributed by atoms with Gasteiger partial charge in [0.15, 0.2) is 5.96 Å². The van der Waals surface area contributed by atoms with Crippen LogP contribution >= 0.6 is 0 Å². The summed E-state index contributed by atoms with van der Waals surface area (Å²) in [6.07, 6.45) is -2.05. The molecule has 32 heavy (non-hydrogen) atoms. The van der Waals surface area contributed by atoms with E-state index in [1.54, 1.807) is 0 Å². The first-order valence-electron chi connectivity index (χ1n) is 9.67. The van der Waals surface area contributed by atoms with E-state index in [4.69, 9.17) is 22.3 Å². The highest BCUT2D eigenvalue weighted by atomic mass is 16.4. The largest absolute Gasteiger partial charge is 0.481 e. The minimum Gasteiger partial charge on any atom is -0.481 e. The first-order valence-corrected chi connectivity index (χ1v) is 9.67. The van der Waals surface area contributed by atoms with E-state index in [0.717, 1.165) is 0 Å². The number of amides is 3. The SMILES string of the molecule is CC(O)C(NC(=O)CN)C(=O)NC(CCCN=C(N)N)C(=O)NC(CCC(=O)O)C(=O)O. The first kappa shape index (κ1) is 28.5. The van der Waals surface area contributed by atoms with Crippen molar-refractivity contribution in [3.8, 4) is 0 Å². The molecule has 0 saturated carbocycles. The zero-order valence-electron chi connectivity index (χ0n) is 17.6. The van der Waals surface area contributed by atoms with Gasteiger partial charge >= 0.3 is 11.9 Å². The fraction of sp³-hybridized carbons (Fsp3) is 0.647. The number of carbonyl (C=O) groups is 5. The van der Waals surface area contributed by atoms with Crippen molar-refractivity contribution in [3.05, 3.63) is 0 Å². The fourth-order valence-corrected chi connectivity index (χ4v) is 2.47. The molecule has 0 aromatic carbocycles. The third-order valence-corrected chi connectivity index (χ3v) is 4.11. The van der Waals surface area contributed by atoms with Crippen LogP contribution in [0, 0.1) is 0 Å². The summed E-state index contributed by atoms with van der Waals surface area (Å²) in [6.45, 7) is 0.900. The van der Waals surface area contributed by atoms with Crippen LogP contribution in [0.4, 0.5) is 0 Å². The maximum atomic E-state index is 12.6. The molecule has 0 aliphatic heterocycles. The highest BCUT2D eigenvalue weighted by Gasteiger charge is 2.31. The lowest BCUT2D eigenvalue weighted by molar-refractivity contribution is -0.143. The Labute approximate surface area is 183 Å². The molecular formula is C17H31N7O8. The number of nitrogens with two attached hydrogens (primary N) is 3. The predicted molar refractivity (Wildman–Crippen MR) is 111 cm³/mol. The molecule has 0 aromatic heterocycles. The van der Waals surface area contributed by atoms with E-state index in [0.29, 0.717) is 0 Å². The van der Waals surface area contributed by atoms with E-state index in [1.807, 2.05) is 0 Å². The van der Waals surface area contributed by atoms with Gasteiger partial charge in [0, 0.05) is 13.0 Å². The van der Waals surface area contributed by atoms with E-state index in [2.05, 4.69) is 20.9 Å². The van der Waals surface area contributed by atoms with Crippen LogP contribution in [0.15, 0.2) is 4.99 Å². The van der Waals surface area contributed by atoms with Crippen molar-refractivity contribution in [1.29, 1.82) is 0 Å². The molecule has 12 N–H and O–H groups in total. The van der Waals surface area contributed by atoms with Crippen LogP contribution in [0.2, 0.25) is 0 Å². The number of hydrogen-bond donors (Lipinski definition) is 9. The predicted octanol–water partition coefficient (Wildman–Crippen LogP) is -4.22.